The van der Waals surface area contributed by atoms with E-state index in [1.807, 2.05) is 30.3 Å². The third kappa shape index (κ3) is 4.64. The van der Waals surface area contributed by atoms with Crippen LogP contribution in [-0.4, -0.2) is 29.0 Å². The smallest absolute Gasteiger partial charge is 0.410 e. The Morgan fingerprint density at radius 3 is 2.48 bits per heavy atom. The maximum absolute atomic E-state index is 13.9. The van der Waals surface area contributed by atoms with E-state index >= 15 is 0 Å². The van der Waals surface area contributed by atoms with E-state index in [1.54, 1.807) is 31.2 Å². The number of amides is 1. The molecule has 1 aliphatic heterocycles. The molecule has 2 N–H and O–H groups in total. The fraction of sp³-hybridized carbons (Fsp3) is 0.304. The first-order valence-corrected chi connectivity index (χ1v) is 10.7. The highest BCUT2D eigenvalue weighted by Crippen LogP contribution is 2.46. The zero-order chi connectivity index (χ0) is 23.8. The van der Waals surface area contributed by atoms with Gasteiger partial charge in [0.1, 0.15) is 16.6 Å². The van der Waals surface area contributed by atoms with Crippen LogP contribution in [0.25, 0.3) is 0 Å². The van der Waals surface area contributed by atoms with Crippen molar-refractivity contribution in [1.82, 2.24) is 15.1 Å². The molecule has 1 aliphatic rings. The molecule has 3 atom stereocenters. The summed E-state index contributed by atoms with van der Waals surface area (Å²) in [5.41, 5.74) is 1.22. The van der Waals surface area contributed by atoms with Gasteiger partial charge in [0, 0.05) is 6.42 Å². The molecular formula is C23H22ClF3N4O2. The average molecular weight is 479 g/mol. The highest BCUT2D eigenvalue weighted by atomic mass is 35.5. The number of halogens is 4. The van der Waals surface area contributed by atoms with Crippen LogP contribution in [-0.2, 0) is 0 Å². The monoisotopic (exact) mass is 478 g/mol. The largest absolute Gasteiger partial charge is 0.497 e. The predicted octanol–water partition coefficient (Wildman–Crippen LogP) is 5.70. The molecule has 0 spiro atoms. The number of fused-ring (bicyclic) bond motifs is 1. The van der Waals surface area contributed by atoms with Gasteiger partial charge in [-0.1, -0.05) is 54.1 Å². The number of rotatable bonds is 5. The number of hydrogen-bond acceptors (Lipinski definition) is 4. The Labute approximate surface area is 193 Å². The van der Waals surface area contributed by atoms with Crippen LogP contribution in [0.1, 0.15) is 53.1 Å². The molecule has 0 unspecified atom stereocenters. The van der Waals surface area contributed by atoms with Crippen molar-refractivity contribution in [3.63, 3.8) is 0 Å². The van der Waals surface area contributed by atoms with E-state index in [1.165, 1.54) is 7.11 Å². The van der Waals surface area contributed by atoms with E-state index in [4.69, 9.17) is 16.3 Å². The first-order valence-electron chi connectivity index (χ1n) is 10.3. The Balaban J connectivity index is 1.65. The summed E-state index contributed by atoms with van der Waals surface area (Å²) in [6, 6.07) is 12.9. The number of methoxy groups -OCH3 is 1. The fourth-order valence-corrected chi connectivity index (χ4v) is 4.14. The first kappa shape index (κ1) is 23.0. The molecule has 33 heavy (non-hydrogen) atoms. The standard InChI is InChI=1S/C23H22ClF3N4O2/c1-13(14-6-4-3-5-7-14)28-22(32)20-19(24)21-29-17(15-8-10-16(33-2)11-9-15)12-18(23(25,26)27)31(21)30-20/h3-11,13,17-18,29H,12H2,1-2H3,(H,28,32)/t13-,17+,18+/m1/s1. The minimum absolute atomic E-state index is 0.0384. The number of anilines is 1. The van der Waals surface area contributed by atoms with Crippen molar-refractivity contribution in [2.45, 2.75) is 37.6 Å². The summed E-state index contributed by atoms with van der Waals surface area (Å²) in [6.07, 6.45) is -4.88. The Kier molecular flexibility index (Phi) is 6.25. The van der Waals surface area contributed by atoms with Crippen molar-refractivity contribution in [1.29, 1.82) is 0 Å². The summed E-state index contributed by atoms with van der Waals surface area (Å²) < 4.78 is 47.7. The van der Waals surface area contributed by atoms with Crippen LogP contribution < -0.4 is 15.4 Å². The van der Waals surface area contributed by atoms with Crippen LogP contribution in [0, 0.1) is 0 Å². The number of benzene rings is 2. The van der Waals surface area contributed by atoms with Gasteiger partial charge in [-0.25, -0.2) is 4.68 Å². The van der Waals surface area contributed by atoms with Gasteiger partial charge < -0.3 is 15.4 Å². The molecule has 0 saturated heterocycles. The molecule has 2 heterocycles. The lowest BCUT2D eigenvalue weighted by Crippen LogP contribution is -2.36. The molecular weight excluding hydrogens is 457 g/mol. The summed E-state index contributed by atoms with van der Waals surface area (Å²) in [4.78, 5) is 12.9. The zero-order valence-corrected chi connectivity index (χ0v) is 18.6. The summed E-state index contributed by atoms with van der Waals surface area (Å²) in [6.45, 7) is 1.77. The van der Waals surface area contributed by atoms with E-state index in [0.29, 0.717) is 11.3 Å². The van der Waals surface area contributed by atoms with Crippen molar-refractivity contribution in [3.8, 4) is 5.75 Å². The second-order valence-electron chi connectivity index (χ2n) is 7.82. The summed E-state index contributed by atoms with van der Waals surface area (Å²) >= 11 is 6.39. The Morgan fingerprint density at radius 2 is 1.88 bits per heavy atom. The molecule has 174 valence electrons. The van der Waals surface area contributed by atoms with E-state index in [2.05, 4.69) is 15.7 Å². The average Bonchev–Trinajstić information content (AvgIpc) is 3.15. The lowest BCUT2D eigenvalue weighted by Gasteiger charge is -2.33. The van der Waals surface area contributed by atoms with Gasteiger partial charge in [-0.05, 0) is 30.2 Å². The molecule has 6 nitrogen and oxygen atoms in total. The number of alkyl halides is 3. The van der Waals surface area contributed by atoms with Gasteiger partial charge in [0.25, 0.3) is 5.91 Å². The molecule has 1 amide bonds. The maximum Gasteiger partial charge on any atom is 0.410 e. The molecule has 0 saturated carbocycles. The van der Waals surface area contributed by atoms with Crippen molar-refractivity contribution in [3.05, 3.63) is 76.4 Å². The van der Waals surface area contributed by atoms with E-state index in [-0.39, 0.29) is 29.0 Å². The molecule has 2 aromatic carbocycles. The van der Waals surface area contributed by atoms with Crippen molar-refractivity contribution >= 4 is 23.3 Å². The number of hydrogen-bond donors (Lipinski definition) is 2. The van der Waals surface area contributed by atoms with Crippen molar-refractivity contribution < 1.29 is 22.7 Å². The Bertz CT molecular complexity index is 1130. The van der Waals surface area contributed by atoms with Gasteiger partial charge >= 0.3 is 6.18 Å². The highest BCUT2D eigenvalue weighted by molar-refractivity contribution is 6.36. The second kappa shape index (κ2) is 8.97. The fourth-order valence-electron chi connectivity index (χ4n) is 3.88. The van der Waals surface area contributed by atoms with Crippen LogP contribution in [0.15, 0.2) is 54.6 Å². The number of aromatic nitrogens is 2. The number of nitrogens with one attached hydrogen (secondary N) is 2. The highest BCUT2D eigenvalue weighted by Gasteiger charge is 2.47. The molecule has 0 aliphatic carbocycles. The van der Waals surface area contributed by atoms with Gasteiger partial charge in [0.15, 0.2) is 11.7 Å². The topological polar surface area (TPSA) is 68.2 Å². The summed E-state index contributed by atoms with van der Waals surface area (Å²) in [7, 11) is 1.51. The van der Waals surface area contributed by atoms with Gasteiger partial charge in [-0.3, -0.25) is 4.79 Å². The van der Waals surface area contributed by atoms with E-state index in [0.717, 1.165) is 10.2 Å². The summed E-state index contributed by atoms with van der Waals surface area (Å²) in [5, 5.41) is 9.60. The van der Waals surface area contributed by atoms with Gasteiger partial charge in [0.05, 0.1) is 19.2 Å². The SMILES string of the molecule is COc1ccc([C@@H]2C[C@@H](C(F)(F)F)n3nc(C(=O)N[C@H](C)c4ccccc4)c(Cl)c3N2)cc1. The van der Waals surface area contributed by atoms with Crippen LogP contribution in [0.3, 0.4) is 0 Å². The van der Waals surface area contributed by atoms with E-state index in [9.17, 15) is 18.0 Å². The van der Waals surface area contributed by atoms with Gasteiger partial charge in [-0.15, -0.1) is 0 Å². The lowest BCUT2D eigenvalue weighted by atomic mass is 9.97. The van der Waals surface area contributed by atoms with Gasteiger partial charge in [-0.2, -0.15) is 18.3 Å². The maximum atomic E-state index is 13.9. The molecule has 0 bridgehead atoms. The lowest BCUT2D eigenvalue weighted by molar-refractivity contribution is -0.173. The first-order chi connectivity index (χ1) is 15.7. The molecule has 1 aromatic heterocycles. The summed E-state index contributed by atoms with van der Waals surface area (Å²) in [5.74, 6) is -0.0953. The third-order valence-corrected chi connectivity index (χ3v) is 6.03. The number of carbonyl (C=O) groups excluding carboxylic acids is 1. The van der Waals surface area contributed by atoms with Crippen molar-refractivity contribution in [2.24, 2.45) is 0 Å². The van der Waals surface area contributed by atoms with Crippen LogP contribution >= 0.6 is 11.6 Å². The normalized spacial score (nSPS) is 18.7. The number of ether oxygens (including phenoxy) is 1. The van der Waals surface area contributed by atoms with Crippen LogP contribution in [0.5, 0.6) is 5.75 Å². The third-order valence-electron chi connectivity index (χ3n) is 5.68. The number of nitrogens with zero attached hydrogens (tertiary/aromatic N) is 2. The molecule has 0 radical (unpaired) electrons. The van der Waals surface area contributed by atoms with Crippen LogP contribution in [0.4, 0.5) is 19.0 Å². The Morgan fingerprint density at radius 1 is 1.21 bits per heavy atom. The van der Waals surface area contributed by atoms with E-state index < -0.39 is 24.2 Å². The van der Waals surface area contributed by atoms with Crippen molar-refractivity contribution in [2.75, 3.05) is 12.4 Å². The molecule has 4 rings (SSSR count). The second-order valence-corrected chi connectivity index (χ2v) is 8.20. The Hall–Kier alpha value is -3.20. The zero-order valence-electron chi connectivity index (χ0n) is 17.9. The number of carbonyl (C=O) groups is 1. The molecule has 0 fully saturated rings. The molecule has 3 aromatic rings. The predicted molar refractivity (Wildman–Crippen MR) is 119 cm³/mol. The molecule has 10 heteroatoms. The quantitative estimate of drug-likeness (QED) is 0.494. The minimum Gasteiger partial charge on any atom is -0.497 e. The minimum atomic E-state index is -4.58. The van der Waals surface area contributed by atoms with Crippen LogP contribution in [0.2, 0.25) is 5.02 Å². The van der Waals surface area contributed by atoms with Gasteiger partial charge in [0.2, 0.25) is 0 Å².